The van der Waals surface area contributed by atoms with Crippen LogP contribution in [-0.4, -0.2) is 65.7 Å². The molecule has 7 nitrogen and oxygen atoms in total. The second-order valence-corrected chi connectivity index (χ2v) is 8.98. The minimum Gasteiger partial charge on any atom is -0.381 e. The summed E-state index contributed by atoms with van der Waals surface area (Å²) in [5.74, 6) is 1.52. The second kappa shape index (κ2) is 11.4. The van der Waals surface area contributed by atoms with Gasteiger partial charge in [0.1, 0.15) is 0 Å². The molecule has 1 fully saturated rings. The fourth-order valence-corrected chi connectivity index (χ4v) is 4.15. The number of rotatable bonds is 9. The first-order valence-electron chi connectivity index (χ1n) is 10.1. The van der Waals surface area contributed by atoms with Gasteiger partial charge in [-0.25, -0.2) is 13.1 Å². The molecule has 0 atom stereocenters. The minimum atomic E-state index is -3.50. The molecule has 1 heterocycles. The van der Waals surface area contributed by atoms with Gasteiger partial charge >= 0.3 is 0 Å². The Kier molecular flexibility index (Phi) is 9.21. The molecule has 1 aliphatic heterocycles. The van der Waals surface area contributed by atoms with Crippen molar-refractivity contribution in [3.8, 4) is 0 Å². The van der Waals surface area contributed by atoms with E-state index in [0.717, 1.165) is 57.1 Å². The number of ether oxygens (including phenoxy) is 1. The molecule has 1 aromatic carbocycles. The van der Waals surface area contributed by atoms with Crippen molar-refractivity contribution in [2.75, 3.05) is 46.4 Å². The molecule has 0 aromatic heterocycles. The fraction of sp³-hybridized carbons (Fsp3) is 0.650. The molecule has 0 spiro atoms. The molecule has 158 valence electrons. The number of nitrogens with one attached hydrogen (secondary N) is 2. The van der Waals surface area contributed by atoms with Crippen molar-refractivity contribution in [2.24, 2.45) is 10.9 Å². The van der Waals surface area contributed by atoms with E-state index in [1.807, 2.05) is 20.9 Å². The van der Waals surface area contributed by atoms with Gasteiger partial charge in [0.15, 0.2) is 5.96 Å². The summed E-state index contributed by atoms with van der Waals surface area (Å²) < 4.78 is 32.7. The summed E-state index contributed by atoms with van der Waals surface area (Å²) in [6.45, 7) is 8.03. The van der Waals surface area contributed by atoms with E-state index in [-0.39, 0.29) is 11.4 Å². The van der Waals surface area contributed by atoms with Crippen molar-refractivity contribution in [2.45, 2.75) is 38.0 Å². The molecule has 0 bridgehead atoms. The van der Waals surface area contributed by atoms with Crippen molar-refractivity contribution in [3.05, 3.63) is 29.8 Å². The van der Waals surface area contributed by atoms with Gasteiger partial charge in [-0.15, -0.1) is 0 Å². The van der Waals surface area contributed by atoms with E-state index >= 15 is 0 Å². The number of benzene rings is 1. The van der Waals surface area contributed by atoms with Crippen molar-refractivity contribution in [1.29, 1.82) is 0 Å². The molecule has 1 aromatic rings. The molecule has 0 saturated carbocycles. The van der Waals surface area contributed by atoms with Crippen LogP contribution in [0.25, 0.3) is 0 Å². The monoisotopic (exact) mass is 410 g/mol. The van der Waals surface area contributed by atoms with E-state index in [9.17, 15) is 8.42 Å². The molecular formula is C20H34N4O3S. The highest BCUT2D eigenvalue weighted by Gasteiger charge is 2.16. The molecule has 0 unspecified atom stereocenters. The van der Waals surface area contributed by atoms with Crippen LogP contribution in [0.5, 0.6) is 0 Å². The van der Waals surface area contributed by atoms with Crippen LogP contribution in [0.4, 0.5) is 0 Å². The zero-order valence-electron chi connectivity index (χ0n) is 17.3. The summed E-state index contributed by atoms with van der Waals surface area (Å²) >= 11 is 0. The first kappa shape index (κ1) is 22.6. The summed E-state index contributed by atoms with van der Waals surface area (Å²) in [4.78, 5) is 6.97. The highest BCUT2D eigenvalue weighted by Crippen LogP contribution is 2.18. The number of hydrogen-bond donors (Lipinski definition) is 2. The molecule has 1 aliphatic rings. The third-order valence-electron chi connectivity index (χ3n) is 4.91. The number of hydrogen-bond acceptors (Lipinski definition) is 4. The molecule has 1 saturated heterocycles. The molecule has 28 heavy (non-hydrogen) atoms. The predicted molar refractivity (Wildman–Crippen MR) is 113 cm³/mol. The van der Waals surface area contributed by atoms with Gasteiger partial charge in [-0.3, -0.25) is 4.99 Å². The van der Waals surface area contributed by atoms with Crippen LogP contribution in [-0.2, 0) is 14.8 Å². The SMILES string of the molecule is CCNC(=NCCNS(=O)(=O)c1ccc(C)cc1)N(C)CCC1CCOCC1. The molecule has 2 rings (SSSR count). The van der Waals surface area contributed by atoms with Gasteiger partial charge in [0.2, 0.25) is 10.0 Å². The van der Waals surface area contributed by atoms with Gasteiger partial charge in [0.05, 0.1) is 11.4 Å². The van der Waals surface area contributed by atoms with Gasteiger partial charge in [0, 0.05) is 39.9 Å². The van der Waals surface area contributed by atoms with Gasteiger partial charge in [-0.05, 0) is 51.2 Å². The maximum atomic E-state index is 12.3. The van der Waals surface area contributed by atoms with Crippen LogP contribution in [0.2, 0.25) is 0 Å². The Labute approximate surface area is 169 Å². The van der Waals surface area contributed by atoms with E-state index in [0.29, 0.717) is 12.5 Å². The standard InChI is InChI=1S/C20H34N4O3S/c1-4-21-20(24(3)14-9-18-10-15-27-16-11-18)22-12-13-23-28(25,26)19-7-5-17(2)6-8-19/h5-8,18,23H,4,9-16H2,1-3H3,(H,21,22). The Morgan fingerprint density at radius 1 is 1.25 bits per heavy atom. The largest absolute Gasteiger partial charge is 0.381 e. The highest BCUT2D eigenvalue weighted by atomic mass is 32.2. The number of aryl methyl sites for hydroxylation is 1. The van der Waals surface area contributed by atoms with E-state index < -0.39 is 10.0 Å². The Bertz CT molecular complexity index is 713. The number of aliphatic imine (C=N–C) groups is 1. The Balaban J connectivity index is 1.82. The summed E-state index contributed by atoms with van der Waals surface area (Å²) in [7, 11) is -1.47. The van der Waals surface area contributed by atoms with E-state index in [4.69, 9.17) is 4.74 Å². The quantitative estimate of drug-likeness (QED) is 0.370. The average Bonchev–Trinajstić information content (AvgIpc) is 2.69. The molecule has 0 aliphatic carbocycles. The summed E-state index contributed by atoms with van der Waals surface area (Å²) in [6, 6.07) is 6.83. The van der Waals surface area contributed by atoms with Crippen LogP contribution < -0.4 is 10.0 Å². The minimum absolute atomic E-state index is 0.263. The average molecular weight is 411 g/mol. The van der Waals surface area contributed by atoms with E-state index in [1.165, 1.54) is 0 Å². The Morgan fingerprint density at radius 3 is 2.57 bits per heavy atom. The van der Waals surface area contributed by atoms with Crippen LogP contribution in [0.15, 0.2) is 34.2 Å². The molecule has 0 radical (unpaired) electrons. The first-order valence-corrected chi connectivity index (χ1v) is 11.5. The third-order valence-corrected chi connectivity index (χ3v) is 6.38. The zero-order chi connectivity index (χ0) is 20.4. The Hall–Kier alpha value is -1.64. The van der Waals surface area contributed by atoms with Crippen LogP contribution >= 0.6 is 0 Å². The fourth-order valence-electron chi connectivity index (χ4n) is 3.13. The molecule has 0 amide bonds. The normalized spacial score (nSPS) is 16.2. The van der Waals surface area contributed by atoms with Crippen LogP contribution in [0.3, 0.4) is 0 Å². The van der Waals surface area contributed by atoms with E-state index in [2.05, 4.69) is 19.9 Å². The topological polar surface area (TPSA) is 83.0 Å². The van der Waals surface area contributed by atoms with Crippen molar-refractivity contribution >= 4 is 16.0 Å². The molecule has 8 heteroatoms. The van der Waals surface area contributed by atoms with Crippen LogP contribution in [0, 0.1) is 12.8 Å². The number of guanidine groups is 1. The number of sulfonamides is 1. The Morgan fingerprint density at radius 2 is 1.93 bits per heavy atom. The predicted octanol–water partition coefficient (Wildman–Crippen LogP) is 1.99. The lowest BCUT2D eigenvalue weighted by Gasteiger charge is -2.26. The summed E-state index contributed by atoms with van der Waals surface area (Å²) in [5, 5.41) is 3.28. The van der Waals surface area contributed by atoms with Crippen LogP contribution in [0.1, 0.15) is 31.7 Å². The maximum absolute atomic E-state index is 12.3. The van der Waals surface area contributed by atoms with Crippen molar-refractivity contribution in [3.63, 3.8) is 0 Å². The van der Waals surface area contributed by atoms with E-state index in [1.54, 1.807) is 24.3 Å². The van der Waals surface area contributed by atoms with Gasteiger partial charge in [0.25, 0.3) is 0 Å². The highest BCUT2D eigenvalue weighted by molar-refractivity contribution is 7.89. The zero-order valence-corrected chi connectivity index (χ0v) is 18.1. The first-order chi connectivity index (χ1) is 13.4. The lowest BCUT2D eigenvalue weighted by Crippen LogP contribution is -2.40. The van der Waals surface area contributed by atoms with Crippen molar-refractivity contribution < 1.29 is 13.2 Å². The van der Waals surface area contributed by atoms with Gasteiger partial charge in [-0.1, -0.05) is 17.7 Å². The van der Waals surface area contributed by atoms with Crippen molar-refractivity contribution in [1.82, 2.24) is 14.9 Å². The summed E-state index contributed by atoms with van der Waals surface area (Å²) in [6.07, 6.45) is 3.37. The molecular weight excluding hydrogens is 376 g/mol. The third kappa shape index (κ3) is 7.41. The maximum Gasteiger partial charge on any atom is 0.240 e. The molecule has 2 N–H and O–H groups in total. The van der Waals surface area contributed by atoms with Gasteiger partial charge in [-0.2, -0.15) is 0 Å². The van der Waals surface area contributed by atoms with Gasteiger partial charge < -0.3 is 15.0 Å². The second-order valence-electron chi connectivity index (χ2n) is 7.21. The summed E-state index contributed by atoms with van der Waals surface area (Å²) in [5.41, 5.74) is 1.03. The number of nitrogens with zero attached hydrogens (tertiary/aromatic N) is 2. The lowest BCUT2D eigenvalue weighted by molar-refractivity contribution is 0.0625. The smallest absolute Gasteiger partial charge is 0.240 e. The lowest BCUT2D eigenvalue weighted by atomic mass is 9.96.